The summed E-state index contributed by atoms with van der Waals surface area (Å²) < 4.78 is 19.9. The molecule has 0 unspecified atom stereocenters. The number of benzene rings is 2. The van der Waals surface area contributed by atoms with Gasteiger partial charge in [-0.05, 0) is 56.0 Å². The Morgan fingerprint density at radius 2 is 2.06 bits per heavy atom. The fourth-order valence-electron chi connectivity index (χ4n) is 4.50. The Morgan fingerprint density at radius 3 is 2.82 bits per heavy atom. The molecule has 1 aliphatic rings. The van der Waals surface area contributed by atoms with Crippen LogP contribution in [0.2, 0.25) is 0 Å². The zero-order chi connectivity index (χ0) is 22.8. The van der Waals surface area contributed by atoms with Gasteiger partial charge in [0.15, 0.2) is 5.82 Å². The van der Waals surface area contributed by atoms with Crippen molar-refractivity contribution in [3.63, 3.8) is 0 Å². The Balaban J connectivity index is 1.13. The van der Waals surface area contributed by atoms with Crippen LogP contribution in [0.3, 0.4) is 0 Å². The fraction of sp³-hybridized carbons (Fsp3) is 0.320. The van der Waals surface area contributed by atoms with E-state index in [1.165, 1.54) is 17.0 Å². The van der Waals surface area contributed by atoms with E-state index < -0.39 is 0 Å². The molecule has 0 radical (unpaired) electrons. The van der Waals surface area contributed by atoms with Gasteiger partial charge in [0.25, 0.3) is 5.89 Å². The van der Waals surface area contributed by atoms with Crippen molar-refractivity contribution >= 4 is 22.5 Å². The lowest BCUT2D eigenvalue weighted by Crippen LogP contribution is -2.41. The van der Waals surface area contributed by atoms with Crippen LogP contribution in [0, 0.1) is 18.7 Å². The molecule has 2 aromatic heterocycles. The van der Waals surface area contributed by atoms with Gasteiger partial charge >= 0.3 is 0 Å². The van der Waals surface area contributed by atoms with Crippen LogP contribution in [0.5, 0.6) is 0 Å². The van der Waals surface area contributed by atoms with E-state index in [9.17, 15) is 9.18 Å². The zero-order valence-corrected chi connectivity index (χ0v) is 18.5. The van der Waals surface area contributed by atoms with E-state index >= 15 is 0 Å². The smallest absolute Gasteiger partial charge is 0.258 e. The molecule has 2 aromatic carbocycles. The highest BCUT2D eigenvalue weighted by atomic mass is 19.1. The summed E-state index contributed by atoms with van der Waals surface area (Å²) >= 11 is 0. The van der Waals surface area contributed by atoms with Crippen molar-refractivity contribution in [3.8, 4) is 11.5 Å². The normalized spacial score (nSPS) is 14.7. The van der Waals surface area contributed by atoms with Crippen LogP contribution in [0.1, 0.15) is 24.2 Å². The van der Waals surface area contributed by atoms with Crippen LogP contribution in [0.25, 0.3) is 22.4 Å². The number of rotatable bonds is 6. The highest BCUT2D eigenvalue weighted by Gasteiger charge is 2.26. The lowest BCUT2D eigenvalue weighted by molar-refractivity contribution is -0.125. The number of carbonyl (C=O) groups excluding carboxylic acids is 1. The van der Waals surface area contributed by atoms with Crippen molar-refractivity contribution in [1.82, 2.24) is 20.4 Å². The van der Waals surface area contributed by atoms with E-state index in [0.29, 0.717) is 55.4 Å². The molecule has 7 nitrogen and oxygen atoms in total. The van der Waals surface area contributed by atoms with Crippen molar-refractivity contribution in [2.24, 2.45) is 5.92 Å². The van der Waals surface area contributed by atoms with Gasteiger partial charge in [-0.25, -0.2) is 4.39 Å². The molecule has 0 aliphatic carbocycles. The maximum Gasteiger partial charge on any atom is 0.258 e. The number of hydrogen-bond donors (Lipinski definition) is 2. The number of fused-ring (bicyclic) bond motifs is 1. The van der Waals surface area contributed by atoms with Gasteiger partial charge in [-0.15, -0.1) is 0 Å². The predicted octanol–water partition coefficient (Wildman–Crippen LogP) is 4.24. The SMILES string of the molecule is Cc1noc(-c2ccc(N3CCC(C(=O)NCCc4c[nH]c5ccccc45)CC3)c(F)c2)n1. The first-order chi connectivity index (χ1) is 16.1. The number of H-pyrrole nitrogens is 1. The van der Waals surface area contributed by atoms with Gasteiger partial charge in [-0.2, -0.15) is 4.98 Å². The third-order valence-corrected chi connectivity index (χ3v) is 6.30. The van der Waals surface area contributed by atoms with E-state index in [2.05, 4.69) is 26.5 Å². The Labute approximate surface area is 191 Å². The number of para-hydroxylation sites is 1. The number of aromatic amines is 1. The van der Waals surface area contributed by atoms with E-state index in [4.69, 9.17) is 4.52 Å². The topological polar surface area (TPSA) is 87.0 Å². The highest BCUT2D eigenvalue weighted by Crippen LogP contribution is 2.29. The molecular weight excluding hydrogens is 421 g/mol. The molecule has 2 N–H and O–H groups in total. The summed E-state index contributed by atoms with van der Waals surface area (Å²) in [4.78, 5) is 22.1. The van der Waals surface area contributed by atoms with Gasteiger partial charge in [0.05, 0.1) is 5.69 Å². The maximum absolute atomic E-state index is 14.8. The molecule has 0 atom stereocenters. The Kier molecular flexibility index (Phi) is 5.81. The first kappa shape index (κ1) is 21.2. The van der Waals surface area contributed by atoms with Crippen LogP contribution in [-0.4, -0.2) is 40.7 Å². The van der Waals surface area contributed by atoms with Crippen LogP contribution >= 0.6 is 0 Å². The largest absolute Gasteiger partial charge is 0.369 e. The minimum atomic E-state index is -0.329. The molecule has 3 heterocycles. The molecular formula is C25H26FN5O2. The molecule has 33 heavy (non-hydrogen) atoms. The van der Waals surface area contributed by atoms with Crippen molar-refractivity contribution in [1.29, 1.82) is 0 Å². The maximum atomic E-state index is 14.8. The average Bonchev–Trinajstić information content (AvgIpc) is 3.45. The fourth-order valence-corrected chi connectivity index (χ4v) is 4.50. The van der Waals surface area contributed by atoms with E-state index in [1.807, 2.05) is 29.3 Å². The van der Waals surface area contributed by atoms with Crippen LogP contribution in [0.4, 0.5) is 10.1 Å². The molecule has 1 aliphatic heterocycles. The first-order valence-electron chi connectivity index (χ1n) is 11.3. The molecule has 0 saturated carbocycles. The van der Waals surface area contributed by atoms with E-state index in [1.54, 1.807) is 19.1 Å². The number of halogens is 1. The minimum absolute atomic E-state index is 0.0482. The number of nitrogens with zero attached hydrogens (tertiary/aromatic N) is 3. The summed E-state index contributed by atoms with van der Waals surface area (Å²) in [6.07, 6.45) is 4.19. The molecule has 1 saturated heterocycles. The van der Waals surface area contributed by atoms with Crippen LogP contribution in [0.15, 0.2) is 53.2 Å². The van der Waals surface area contributed by atoms with Crippen molar-refractivity contribution < 1.29 is 13.7 Å². The number of anilines is 1. The van der Waals surface area contributed by atoms with Crippen LogP contribution in [-0.2, 0) is 11.2 Å². The molecule has 0 bridgehead atoms. The van der Waals surface area contributed by atoms with Gasteiger partial charge in [0, 0.05) is 48.2 Å². The number of aromatic nitrogens is 3. The predicted molar refractivity (Wildman–Crippen MR) is 124 cm³/mol. The number of piperidine rings is 1. The van der Waals surface area contributed by atoms with Crippen LogP contribution < -0.4 is 10.2 Å². The Morgan fingerprint density at radius 1 is 1.24 bits per heavy atom. The molecule has 8 heteroatoms. The second-order valence-electron chi connectivity index (χ2n) is 8.47. The molecule has 4 aromatic rings. The average molecular weight is 448 g/mol. The third kappa shape index (κ3) is 4.46. The summed E-state index contributed by atoms with van der Waals surface area (Å²) in [6.45, 7) is 3.60. The standard InChI is InChI=1S/C25H26FN5O2/c1-16-29-25(33-30-16)18-6-7-23(21(26)14-18)31-12-9-17(10-13-31)24(32)27-11-8-19-15-28-22-5-3-2-4-20(19)22/h2-7,14-15,17,28H,8-13H2,1H3,(H,27,32). The molecule has 170 valence electrons. The number of aryl methyl sites for hydroxylation is 1. The van der Waals surface area contributed by atoms with Gasteiger partial charge in [-0.3, -0.25) is 4.79 Å². The highest BCUT2D eigenvalue weighted by molar-refractivity contribution is 5.83. The Hall–Kier alpha value is -3.68. The molecule has 0 spiro atoms. The molecule has 1 fully saturated rings. The summed E-state index contributed by atoms with van der Waals surface area (Å²) in [5, 5.41) is 8.03. The summed E-state index contributed by atoms with van der Waals surface area (Å²) in [5.74, 6) is 0.521. The lowest BCUT2D eigenvalue weighted by Gasteiger charge is -2.33. The first-order valence-corrected chi connectivity index (χ1v) is 11.3. The molecule has 1 amide bonds. The van der Waals surface area contributed by atoms with Crippen molar-refractivity contribution in [2.45, 2.75) is 26.2 Å². The van der Waals surface area contributed by atoms with Gasteiger partial charge in [-0.1, -0.05) is 23.4 Å². The molecule has 5 rings (SSSR count). The monoisotopic (exact) mass is 447 g/mol. The van der Waals surface area contributed by atoms with Gasteiger partial charge < -0.3 is 19.7 Å². The summed E-state index contributed by atoms with van der Waals surface area (Å²) in [6, 6.07) is 13.1. The van der Waals surface area contributed by atoms with Gasteiger partial charge in [0.1, 0.15) is 5.82 Å². The Bertz CT molecular complexity index is 1270. The number of nitrogens with one attached hydrogen (secondary N) is 2. The van der Waals surface area contributed by atoms with E-state index in [0.717, 1.165) is 11.9 Å². The third-order valence-electron chi connectivity index (χ3n) is 6.30. The lowest BCUT2D eigenvalue weighted by atomic mass is 9.95. The van der Waals surface area contributed by atoms with Crippen molar-refractivity contribution in [3.05, 3.63) is 65.9 Å². The van der Waals surface area contributed by atoms with Crippen molar-refractivity contribution in [2.75, 3.05) is 24.5 Å². The number of carbonyl (C=O) groups is 1. The number of hydrogen-bond acceptors (Lipinski definition) is 5. The quantitative estimate of drug-likeness (QED) is 0.462. The second-order valence-corrected chi connectivity index (χ2v) is 8.47. The zero-order valence-electron chi connectivity index (χ0n) is 18.5. The summed E-state index contributed by atoms with van der Waals surface area (Å²) in [7, 11) is 0. The minimum Gasteiger partial charge on any atom is -0.369 e. The summed E-state index contributed by atoms with van der Waals surface area (Å²) in [5.41, 5.74) is 3.41. The van der Waals surface area contributed by atoms with Gasteiger partial charge in [0.2, 0.25) is 5.91 Å². The second kappa shape index (κ2) is 9.05. The van der Waals surface area contributed by atoms with E-state index in [-0.39, 0.29) is 17.6 Å². The number of amides is 1.